The number of nitrogens with zero attached hydrogens (tertiary/aromatic N) is 4. The summed E-state index contributed by atoms with van der Waals surface area (Å²) in [5.41, 5.74) is 8.75. The smallest absolute Gasteiger partial charge is 0.236 e. The van der Waals surface area contributed by atoms with E-state index in [4.69, 9.17) is 22.0 Å². The number of phenols is 1. The highest BCUT2D eigenvalue weighted by Gasteiger charge is 2.41. The predicted octanol–water partition coefficient (Wildman–Crippen LogP) is 4.86. The first kappa shape index (κ1) is 22.6. The Morgan fingerprint density at radius 1 is 1.20 bits per heavy atom. The maximum Gasteiger partial charge on any atom is 0.236 e. The van der Waals surface area contributed by atoms with Gasteiger partial charge in [0.25, 0.3) is 0 Å². The Morgan fingerprint density at radius 3 is 2.51 bits per heavy atom. The Labute approximate surface area is 203 Å². The molecule has 1 aliphatic heterocycles. The molecule has 0 amide bonds. The van der Waals surface area contributed by atoms with Crippen molar-refractivity contribution in [2.45, 2.75) is 18.9 Å². The van der Waals surface area contributed by atoms with E-state index in [1.807, 2.05) is 6.07 Å². The lowest BCUT2D eigenvalue weighted by molar-refractivity contribution is 0.355. The molecule has 2 fully saturated rings. The number of fused-ring (bicyclic) bond motifs is 2. The normalized spacial score (nSPS) is 20.8. The number of anilines is 1. The first-order valence-electron chi connectivity index (χ1n) is 11.4. The Balaban J connectivity index is 1.71. The lowest BCUT2D eigenvalue weighted by Crippen LogP contribution is -2.49. The summed E-state index contributed by atoms with van der Waals surface area (Å²) in [7, 11) is 1.46. The molecule has 7 nitrogen and oxygen atoms in total. The number of ether oxygens (including phenoxy) is 1. The first-order valence-corrected chi connectivity index (χ1v) is 11.4. The summed E-state index contributed by atoms with van der Waals surface area (Å²) in [5.74, 6) is 0.841. The molecule has 1 saturated carbocycles. The van der Waals surface area contributed by atoms with E-state index in [1.54, 1.807) is 24.4 Å². The fraction of sp³-hybridized carbons (Fsp3) is 0.296. The van der Waals surface area contributed by atoms with Crippen LogP contribution in [-0.4, -0.2) is 36.3 Å². The summed E-state index contributed by atoms with van der Waals surface area (Å²) in [6.07, 6.45) is 3.78. The average Bonchev–Trinajstić information content (AvgIpc) is 3.06. The number of rotatable bonds is 4. The zero-order valence-corrected chi connectivity index (χ0v) is 19.2. The van der Waals surface area contributed by atoms with Gasteiger partial charge < -0.3 is 20.5 Å². The van der Waals surface area contributed by atoms with Crippen LogP contribution in [-0.2, 0) is 0 Å². The molecule has 35 heavy (non-hydrogen) atoms. The highest BCUT2D eigenvalue weighted by Crippen LogP contribution is 2.47. The number of aromatic hydroxyl groups is 1. The van der Waals surface area contributed by atoms with Gasteiger partial charge in [0.2, 0.25) is 5.69 Å². The van der Waals surface area contributed by atoms with Crippen molar-refractivity contribution < 1.29 is 14.2 Å². The minimum atomic E-state index is -0.662. The molecule has 8 heteroatoms. The number of pyridine rings is 1. The molecule has 3 N–H and O–H groups in total. The summed E-state index contributed by atoms with van der Waals surface area (Å²) < 4.78 is 19.8. The van der Waals surface area contributed by atoms with Gasteiger partial charge in [-0.1, -0.05) is 12.1 Å². The highest BCUT2D eigenvalue weighted by atomic mass is 19.1. The van der Waals surface area contributed by atoms with E-state index in [2.05, 4.69) is 9.74 Å². The molecule has 176 valence electrons. The van der Waals surface area contributed by atoms with E-state index in [0.717, 1.165) is 25.9 Å². The largest absolute Gasteiger partial charge is 0.504 e. The van der Waals surface area contributed by atoms with Crippen molar-refractivity contribution in [3.05, 3.63) is 65.4 Å². The van der Waals surface area contributed by atoms with Crippen LogP contribution in [0.25, 0.3) is 27.1 Å². The number of hydrogen-bond acceptors (Lipinski definition) is 6. The van der Waals surface area contributed by atoms with E-state index < -0.39 is 5.82 Å². The van der Waals surface area contributed by atoms with Gasteiger partial charge in [-0.3, -0.25) is 4.98 Å². The molecule has 1 aliphatic carbocycles. The van der Waals surface area contributed by atoms with Gasteiger partial charge in [0.15, 0.2) is 11.5 Å². The summed E-state index contributed by atoms with van der Waals surface area (Å²) >= 11 is 0. The van der Waals surface area contributed by atoms with E-state index in [1.165, 1.54) is 25.3 Å². The zero-order chi connectivity index (χ0) is 24.7. The van der Waals surface area contributed by atoms with E-state index >= 15 is 0 Å². The first-order chi connectivity index (χ1) is 16.9. The van der Waals surface area contributed by atoms with E-state index in [9.17, 15) is 14.8 Å². The van der Waals surface area contributed by atoms with Gasteiger partial charge in [0.1, 0.15) is 17.7 Å². The number of methoxy groups -OCH3 is 1. The Bertz CT molecular complexity index is 1380. The molecule has 1 aromatic heterocycles. The van der Waals surface area contributed by atoms with Crippen LogP contribution in [0, 0.1) is 35.6 Å². The quantitative estimate of drug-likeness (QED) is 0.529. The van der Waals surface area contributed by atoms with Crippen LogP contribution < -0.4 is 15.4 Å². The lowest BCUT2D eigenvalue weighted by Gasteiger charge is -2.37. The lowest BCUT2D eigenvalue weighted by atomic mass is 9.91. The molecule has 0 radical (unpaired) electrons. The second-order valence-corrected chi connectivity index (χ2v) is 9.10. The van der Waals surface area contributed by atoms with Crippen molar-refractivity contribution in [2.75, 3.05) is 25.1 Å². The molecular weight excluding hydrogens is 445 g/mol. The summed E-state index contributed by atoms with van der Waals surface area (Å²) in [6.45, 7) is 9.50. The summed E-state index contributed by atoms with van der Waals surface area (Å²) in [4.78, 5) is 10.7. The van der Waals surface area contributed by atoms with Crippen LogP contribution in [0.5, 0.6) is 11.5 Å². The fourth-order valence-electron chi connectivity index (χ4n) is 5.40. The van der Waals surface area contributed by atoms with Crippen molar-refractivity contribution in [1.29, 1.82) is 5.26 Å². The molecule has 2 bridgehead atoms. The molecule has 2 aliphatic rings. The van der Waals surface area contributed by atoms with Crippen molar-refractivity contribution in [3.8, 4) is 39.8 Å². The van der Waals surface area contributed by atoms with Crippen molar-refractivity contribution in [3.63, 3.8) is 0 Å². The van der Waals surface area contributed by atoms with Gasteiger partial charge in [-0.15, -0.1) is 0 Å². The zero-order valence-electron chi connectivity index (χ0n) is 19.2. The van der Waals surface area contributed by atoms with Crippen LogP contribution >= 0.6 is 0 Å². The van der Waals surface area contributed by atoms with Gasteiger partial charge in [-0.05, 0) is 65.6 Å². The SMILES string of the molecule is [C-]#[N+]c1c(N2CC3CCC(C2)C3N)ncc(-c2ccc(OC)c(O)c2)c1-c1ccc(C#N)c(F)c1. The molecule has 2 aromatic carbocycles. The molecule has 5 rings (SSSR count). The van der Waals surface area contributed by atoms with Gasteiger partial charge in [0, 0.05) is 30.9 Å². The second-order valence-electron chi connectivity index (χ2n) is 9.10. The van der Waals surface area contributed by atoms with Crippen LogP contribution in [0.2, 0.25) is 0 Å². The third-order valence-electron chi connectivity index (χ3n) is 7.22. The molecule has 1 saturated heterocycles. The number of piperidine rings is 1. The summed E-state index contributed by atoms with van der Waals surface area (Å²) in [6, 6.07) is 11.2. The van der Waals surface area contributed by atoms with E-state index in [0.29, 0.717) is 51.3 Å². The molecular formula is C27H24FN5O2. The minimum absolute atomic E-state index is 0.0583. The molecule has 3 aromatic rings. The number of hydrogen-bond donors (Lipinski definition) is 2. The van der Waals surface area contributed by atoms with Gasteiger partial charge in [-0.25, -0.2) is 9.24 Å². The number of benzene rings is 2. The summed E-state index contributed by atoms with van der Waals surface area (Å²) in [5, 5.41) is 19.6. The van der Waals surface area contributed by atoms with Gasteiger partial charge in [-0.2, -0.15) is 5.26 Å². The van der Waals surface area contributed by atoms with Crippen molar-refractivity contribution in [1.82, 2.24) is 4.98 Å². The van der Waals surface area contributed by atoms with Crippen molar-refractivity contribution in [2.24, 2.45) is 17.6 Å². The average molecular weight is 470 g/mol. The number of phenolic OH excluding ortho intramolecular Hbond substituents is 1. The second kappa shape index (κ2) is 8.90. The number of nitriles is 1. The van der Waals surface area contributed by atoms with Crippen LogP contribution in [0.1, 0.15) is 18.4 Å². The predicted molar refractivity (Wildman–Crippen MR) is 131 cm³/mol. The van der Waals surface area contributed by atoms with Crippen molar-refractivity contribution >= 4 is 11.5 Å². The highest BCUT2D eigenvalue weighted by molar-refractivity contribution is 5.97. The van der Waals surface area contributed by atoms with Crippen LogP contribution in [0.3, 0.4) is 0 Å². The number of aromatic nitrogens is 1. The third kappa shape index (κ3) is 3.82. The number of halogens is 1. The van der Waals surface area contributed by atoms with Gasteiger partial charge >= 0.3 is 0 Å². The van der Waals surface area contributed by atoms with Gasteiger partial charge in [0.05, 0.1) is 19.2 Å². The monoisotopic (exact) mass is 469 g/mol. The maximum absolute atomic E-state index is 14.7. The fourth-order valence-corrected chi connectivity index (χ4v) is 5.40. The molecule has 2 atom stereocenters. The molecule has 0 spiro atoms. The Hall–Kier alpha value is -4.14. The standard InChI is InChI=1S/C27H24FN5O2/c1-31-26-24(16-3-4-17(11-29)21(28)9-16)20(15-7-8-23(35-2)22(34)10-15)12-32-27(26)33-13-18-5-6-19(14-33)25(18)30/h3-4,7-10,12,18-19,25,34H,5-6,13-14,30H2,2H3. The minimum Gasteiger partial charge on any atom is -0.504 e. The molecule has 2 unspecified atom stereocenters. The topological polar surface area (TPSA) is 99.8 Å². The Kier molecular flexibility index (Phi) is 5.76. The van der Waals surface area contributed by atoms with E-state index in [-0.39, 0.29) is 17.4 Å². The number of nitrogens with two attached hydrogens (primary N) is 1. The van der Waals surface area contributed by atoms with Crippen LogP contribution in [0.4, 0.5) is 15.9 Å². The third-order valence-corrected chi connectivity index (χ3v) is 7.22. The van der Waals surface area contributed by atoms with Crippen LogP contribution in [0.15, 0.2) is 42.6 Å². The maximum atomic E-state index is 14.7. The molecule has 2 heterocycles. The Morgan fingerprint density at radius 2 is 1.91 bits per heavy atom.